The lowest BCUT2D eigenvalue weighted by Gasteiger charge is -2.43. The first-order valence-corrected chi connectivity index (χ1v) is 10.9. The van der Waals surface area contributed by atoms with E-state index < -0.39 is 11.4 Å². The number of ether oxygens (including phenoxy) is 6. The van der Waals surface area contributed by atoms with Crippen molar-refractivity contribution in [3.05, 3.63) is 42.5 Å². The molecule has 0 bridgehead atoms. The van der Waals surface area contributed by atoms with E-state index in [-0.39, 0.29) is 30.8 Å². The van der Waals surface area contributed by atoms with Gasteiger partial charge in [-0.05, 0) is 31.5 Å². The Morgan fingerprint density at radius 3 is 2.81 bits per heavy atom. The zero-order valence-corrected chi connectivity index (χ0v) is 19.4. The van der Waals surface area contributed by atoms with Crippen LogP contribution in [-0.4, -0.2) is 69.6 Å². The standard InChI is InChI=1S/C24H35NO7/c1-6-11-29-19-14-24(22(26)25-10-12-27-4,15-20-21(19)32-23(2,3)31-20)30-16-17-8-7-9-18(13-17)28-5/h6-9,13,19-21H,1,10-12,14-16H2,2-5H3,(H,25,26)/t19?,20-,21+,24-/m1/s1. The minimum atomic E-state index is -1.15. The highest BCUT2D eigenvalue weighted by Gasteiger charge is 2.57. The zero-order valence-electron chi connectivity index (χ0n) is 19.4. The predicted octanol–water partition coefficient (Wildman–Crippen LogP) is 2.60. The lowest BCUT2D eigenvalue weighted by molar-refractivity contribution is -0.180. The Labute approximate surface area is 190 Å². The van der Waals surface area contributed by atoms with Crippen LogP contribution in [0.25, 0.3) is 0 Å². The molecule has 0 spiro atoms. The third-order valence-corrected chi connectivity index (χ3v) is 5.73. The van der Waals surface area contributed by atoms with Gasteiger partial charge in [-0.25, -0.2) is 0 Å². The van der Waals surface area contributed by atoms with Gasteiger partial charge < -0.3 is 33.7 Å². The Balaban J connectivity index is 1.85. The number of rotatable bonds is 11. The van der Waals surface area contributed by atoms with Crippen molar-refractivity contribution in [1.82, 2.24) is 5.32 Å². The number of nitrogens with one attached hydrogen (secondary N) is 1. The second kappa shape index (κ2) is 10.8. The van der Waals surface area contributed by atoms with Crippen LogP contribution in [0.15, 0.2) is 36.9 Å². The SMILES string of the molecule is C=CCOC1C[C@](OCc2cccc(OC)c2)(C(=O)NCCOC)C[C@H]2OC(C)(C)O[C@@H]12. The first-order valence-electron chi connectivity index (χ1n) is 10.9. The fourth-order valence-electron chi connectivity index (χ4n) is 4.31. The van der Waals surface area contributed by atoms with Crippen LogP contribution in [0.4, 0.5) is 0 Å². The van der Waals surface area contributed by atoms with Crippen LogP contribution >= 0.6 is 0 Å². The van der Waals surface area contributed by atoms with Gasteiger partial charge in [-0.3, -0.25) is 4.79 Å². The maximum atomic E-state index is 13.4. The van der Waals surface area contributed by atoms with Gasteiger partial charge in [0, 0.05) is 26.5 Å². The molecule has 2 fully saturated rings. The highest BCUT2D eigenvalue weighted by atomic mass is 16.8. The van der Waals surface area contributed by atoms with Gasteiger partial charge in [0.1, 0.15) is 11.9 Å². The van der Waals surface area contributed by atoms with E-state index >= 15 is 0 Å². The largest absolute Gasteiger partial charge is 0.497 e. The second-order valence-corrected chi connectivity index (χ2v) is 8.59. The van der Waals surface area contributed by atoms with Gasteiger partial charge in [0.15, 0.2) is 11.4 Å². The third kappa shape index (κ3) is 5.88. The molecule has 1 heterocycles. The molecule has 8 heteroatoms. The first-order chi connectivity index (χ1) is 15.3. The summed E-state index contributed by atoms with van der Waals surface area (Å²) in [6, 6.07) is 7.60. The monoisotopic (exact) mass is 449 g/mol. The topological polar surface area (TPSA) is 84.5 Å². The minimum absolute atomic E-state index is 0.212. The molecule has 1 saturated carbocycles. The Bertz CT molecular complexity index is 783. The summed E-state index contributed by atoms with van der Waals surface area (Å²) in [7, 11) is 3.21. The normalized spacial score (nSPS) is 28.7. The molecule has 1 unspecified atom stereocenters. The Kier molecular flexibility index (Phi) is 8.30. The lowest BCUT2D eigenvalue weighted by atomic mass is 9.78. The summed E-state index contributed by atoms with van der Waals surface area (Å²) in [6.07, 6.45) is 1.37. The summed E-state index contributed by atoms with van der Waals surface area (Å²) in [6.45, 7) is 8.85. The number of hydrogen-bond donors (Lipinski definition) is 1. The average molecular weight is 450 g/mol. The fourth-order valence-corrected chi connectivity index (χ4v) is 4.31. The number of carbonyl (C=O) groups is 1. The van der Waals surface area contributed by atoms with Crippen molar-refractivity contribution in [3.8, 4) is 5.75 Å². The molecule has 2 aliphatic rings. The Morgan fingerprint density at radius 1 is 1.28 bits per heavy atom. The number of amides is 1. The molecule has 1 aliphatic carbocycles. The van der Waals surface area contributed by atoms with Gasteiger partial charge >= 0.3 is 0 Å². The van der Waals surface area contributed by atoms with Gasteiger partial charge in [0.05, 0.1) is 39.1 Å². The fraction of sp³-hybridized carbons (Fsp3) is 0.625. The van der Waals surface area contributed by atoms with Gasteiger partial charge in [0.25, 0.3) is 5.91 Å². The van der Waals surface area contributed by atoms with Crippen LogP contribution in [-0.2, 0) is 35.1 Å². The van der Waals surface area contributed by atoms with Crippen LogP contribution in [0.1, 0.15) is 32.3 Å². The molecule has 1 N–H and O–H groups in total. The van der Waals surface area contributed by atoms with Gasteiger partial charge in [0.2, 0.25) is 0 Å². The van der Waals surface area contributed by atoms with Crippen molar-refractivity contribution in [1.29, 1.82) is 0 Å². The maximum absolute atomic E-state index is 13.4. The summed E-state index contributed by atoms with van der Waals surface area (Å²) in [5.74, 6) is -0.244. The number of hydrogen-bond acceptors (Lipinski definition) is 7. The minimum Gasteiger partial charge on any atom is -0.497 e. The second-order valence-electron chi connectivity index (χ2n) is 8.59. The van der Waals surface area contributed by atoms with Crippen molar-refractivity contribution in [2.24, 2.45) is 0 Å². The first kappa shape index (κ1) is 24.7. The summed E-state index contributed by atoms with van der Waals surface area (Å²) in [5, 5.41) is 2.94. The van der Waals surface area contributed by atoms with E-state index in [2.05, 4.69) is 11.9 Å². The molecule has 178 valence electrons. The Hall–Kier alpha value is -1.97. The van der Waals surface area contributed by atoms with Crippen molar-refractivity contribution < 1.29 is 33.2 Å². The van der Waals surface area contributed by atoms with E-state index in [0.717, 1.165) is 11.3 Å². The van der Waals surface area contributed by atoms with Crippen LogP contribution in [0.2, 0.25) is 0 Å². The van der Waals surface area contributed by atoms with Crippen LogP contribution < -0.4 is 10.1 Å². The van der Waals surface area contributed by atoms with E-state index in [4.69, 9.17) is 28.4 Å². The van der Waals surface area contributed by atoms with Gasteiger partial charge in [-0.1, -0.05) is 18.2 Å². The number of fused-ring (bicyclic) bond motifs is 1. The summed E-state index contributed by atoms with van der Waals surface area (Å²) in [4.78, 5) is 13.4. The summed E-state index contributed by atoms with van der Waals surface area (Å²) < 4.78 is 35.1. The average Bonchev–Trinajstić information content (AvgIpc) is 3.10. The van der Waals surface area contributed by atoms with E-state index in [1.165, 1.54) is 0 Å². The van der Waals surface area contributed by atoms with Crippen molar-refractivity contribution in [2.75, 3.05) is 34.0 Å². The molecule has 0 radical (unpaired) electrons. The molecule has 8 nitrogen and oxygen atoms in total. The molecular weight excluding hydrogens is 414 g/mol. The molecule has 1 saturated heterocycles. The number of carbonyl (C=O) groups excluding carboxylic acids is 1. The van der Waals surface area contributed by atoms with E-state index in [1.54, 1.807) is 20.3 Å². The maximum Gasteiger partial charge on any atom is 0.252 e. The van der Waals surface area contributed by atoms with Crippen molar-refractivity contribution in [2.45, 2.75) is 63.0 Å². The third-order valence-electron chi connectivity index (χ3n) is 5.73. The number of methoxy groups -OCH3 is 2. The van der Waals surface area contributed by atoms with Gasteiger partial charge in [-0.2, -0.15) is 0 Å². The van der Waals surface area contributed by atoms with Gasteiger partial charge in [-0.15, -0.1) is 6.58 Å². The molecule has 1 aromatic rings. The quantitative estimate of drug-likeness (QED) is 0.411. The molecule has 3 rings (SSSR count). The van der Waals surface area contributed by atoms with E-state index in [0.29, 0.717) is 32.6 Å². The van der Waals surface area contributed by atoms with Crippen molar-refractivity contribution in [3.63, 3.8) is 0 Å². The molecule has 32 heavy (non-hydrogen) atoms. The lowest BCUT2D eigenvalue weighted by Crippen LogP contribution is -2.60. The Morgan fingerprint density at radius 2 is 2.09 bits per heavy atom. The molecule has 1 aromatic carbocycles. The highest BCUT2D eigenvalue weighted by Crippen LogP contribution is 2.44. The predicted molar refractivity (Wildman–Crippen MR) is 118 cm³/mol. The van der Waals surface area contributed by atoms with Crippen LogP contribution in [0.5, 0.6) is 5.75 Å². The summed E-state index contributed by atoms with van der Waals surface area (Å²) >= 11 is 0. The smallest absolute Gasteiger partial charge is 0.252 e. The molecule has 1 aliphatic heterocycles. The summed E-state index contributed by atoms with van der Waals surface area (Å²) in [5.41, 5.74) is -0.240. The van der Waals surface area contributed by atoms with Crippen molar-refractivity contribution >= 4 is 5.91 Å². The zero-order chi connectivity index (χ0) is 23.2. The molecule has 0 aromatic heterocycles. The van der Waals surface area contributed by atoms with Crippen LogP contribution in [0, 0.1) is 0 Å². The number of benzene rings is 1. The van der Waals surface area contributed by atoms with E-state index in [9.17, 15) is 4.79 Å². The highest BCUT2D eigenvalue weighted by molar-refractivity contribution is 5.85. The van der Waals surface area contributed by atoms with Crippen LogP contribution in [0.3, 0.4) is 0 Å². The molecular formula is C24H35NO7. The molecule has 1 amide bonds. The van der Waals surface area contributed by atoms with E-state index in [1.807, 2.05) is 38.1 Å². The molecule has 4 atom stereocenters.